The lowest BCUT2D eigenvalue weighted by molar-refractivity contribution is -0.119. The molecule has 1 atom stereocenters. The number of hydrogen-bond donors (Lipinski definition) is 1. The van der Waals surface area contributed by atoms with Crippen molar-refractivity contribution in [1.29, 1.82) is 0 Å². The van der Waals surface area contributed by atoms with Gasteiger partial charge in [0.25, 0.3) is 12.0 Å². The number of anilines is 1. The number of aromatic nitrogens is 5. The number of halogens is 3. The number of fused-ring (bicyclic) bond motifs is 1. The Morgan fingerprint density at radius 2 is 1.83 bits per heavy atom. The molecule has 0 aliphatic rings. The maximum atomic E-state index is 13.5. The second-order valence-corrected chi connectivity index (χ2v) is 10.0. The van der Waals surface area contributed by atoms with Crippen molar-refractivity contribution in [2.75, 3.05) is 12.4 Å². The average Bonchev–Trinajstić information content (AvgIpc) is 3.58. The van der Waals surface area contributed by atoms with Crippen LogP contribution in [0, 0.1) is 0 Å². The van der Waals surface area contributed by atoms with E-state index in [-0.39, 0.29) is 11.7 Å². The van der Waals surface area contributed by atoms with E-state index in [1.165, 1.54) is 28.6 Å². The van der Waals surface area contributed by atoms with Crippen LogP contribution in [0.4, 0.5) is 14.5 Å². The molecule has 0 radical (unpaired) electrons. The second kappa shape index (κ2) is 11.5. The minimum Gasteiger partial charge on any atom is -0.495 e. The van der Waals surface area contributed by atoms with E-state index in [0.29, 0.717) is 40.4 Å². The summed E-state index contributed by atoms with van der Waals surface area (Å²) in [5, 5.41) is 12.7. The number of ether oxygens (including phenoxy) is 1. The minimum atomic E-state index is -2.80. The number of alkyl halides is 2. The number of aryl methyl sites for hydroxylation is 1. The van der Waals surface area contributed by atoms with E-state index < -0.39 is 23.7 Å². The number of amides is 1. The first-order valence-electron chi connectivity index (χ1n) is 12.9. The molecule has 3 heterocycles. The van der Waals surface area contributed by atoms with Crippen LogP contribution in [0.3, 0.4) is 0 Å². The molecule has 3 aromatic heterocycles. The summed E-state index contributed by atoms with van der Waals surface area (Å²) in [6.07, 6.45) is 4.78. The van der Waals surface area contributed by atoms with E-state index in [2.05, 4.69) is 15.6 Å². The van der Waals surface area contributed by atoms with Crippen LogP contribution < -0.4 is 15.6 Å². The van der Waals surface area contributed by atoms with Crippen molar-refractivity contribution in [2.45, 2.75) is 32.2 Å². The Morgan fingerprint density at radius 1 is 1.05 bits per heavy atom. The fourth-order valence-electron chi connectivity index (χ4n) is 4.82. The Kier molecular flexibility index (Phi) is 7.89. The first kappa shape index (κ1) is 28.0. The van der Waals surface area contributed by atoms with E-state index in [4.69, 9.17) is 16.3 Å². The number of hydrogen-bond acceptors (Lipinski definition) is 5. The molecular weight excluding hydrogens is 554 g/mol. The second-order valence-electron chi connectivity index (χ2n) is 9.61. The predicted octanol–water partition coefficient (Wildman–Crippen LogP) is 6.17. The summed E-state index contributed by atoms with van der Waals surface area (Å²) in [4.78, 5) is 27.0. The van der Waals surface area contributed by atoms with Crippen molar-refractivity contribution in [3.05, 3.63) is 88.3 Å². The van der Waals surface area contributed by atoms with Gasteiger partial charge in [0.15, 0.2) is 0 Å². The Labute approximate surface area is 238 Å². The van der Waals surface area contributed by atoms with E-state index in [1.807, 2.05) is 49.1 Å². The Balaban J connectivity index is 1.53. The number of carbonyl (C=O) groups excluding carboxylic acids is 1. The van der Waals surface area contributed by atoms with Gasteiger partial charge in [-0.05, 0) is 42.1 Å². The Morgan fingerprint density at radius 3 is 2.54 bits per heavy atom. The average molecular weight is 581 g/mol. The first-order valence-corrected chi connectivity index (χ1v) is 13.2. The molecule has 0 saturated heterocycles. The Hall–Kier alpha value is -4.51. The van der Waals surface area contributed by atoms with Crippen molar-refractivity contribution in [1.82, 2.24) is 24.1 Å². The van der Waals surface area contributed by atoms with Gasteiger partial charge < -0.3 is 14.6 Å². The highest BCUT2D eigenvalue weighted by atomic mass is 35.5. The molecule has 1 amide bonds. The molecule has 212 valence electrons. The van der Waals surface area contributed by atoms with Crippen LogP contribution >= 0.6 is 11.6 Å². The van der Waals surface area contributed by atoms with Crippen molar-refractivity contribution in [3.8, 4) is 22.6 Å². The van der Waals surface area contributed by atoms with Gasteiger partial charge in [0, 0.05) is 52.7 Å². The SMILES string of the molecule is CCC[C@@H](C(=O)Nc1ccc2cn(C)cc2c1)n1cc(OC)c(-c2cc(Cl)ccc2-n2cc(C(F)F)nn2)cc1=O. The molecule has 0 bridgehead atoms. The molecule has 12 heteroatoms. The van der Waals surface area contributed by atoms with E-state index in [0.717, 1.165) is 17.0 Å². The van der Waals surface area contributed by atoms with Crippen LogP contribution in [0.1, 0.15) is 37.9 Å². The maximum absolute atomic E-state index is 13.5. The monoisotopic (exact) mass is 580 g/mol. The van der Waals surface area contributed by atoms with Gasteiger partial charge in [-0.1, -0.05) is 36.2 Å². The predicted molar refractivity (Wildman–Crippen MR) is 153 cm³/mol. The maximum Gasteiger partial charge on any atom is 0.283 e. The van der Waals surface area contributed by atoms with Gasteiger partial charge in [0.1, 0.15) is 17.5 Å². The normalized spacial score (nSPS) is 12.2. The zero-order chi connectivity index (χ0) is 29.3. The molecule has 0 aliphatic carbocycles. The van der Waals surface area contributed by atoms with Crippen LogP contribution in [0.15, 0.2) is 72.0 Å². The molecule has 9 nitrogen and oxygen atoms in total. The highest BCUT2D eigenvalue weighted by Gasteiger charge is 2.24. The molecule has 0 spiro atoms. The number of pyridine rings is 1. The summed E-state index contributed by atoms with van der Waals surface area (Å²) in [7, 11) is 3.37. The molecule has 0 aliphatic heterocycles. The topological polar surface area (TPSA) is 96.0 Å². The standard InChI is InChI=1S/C29H27ClF2N6O3/c1-4-5-25(29(40)33-20-8-6-17-13-36(2)14-18(17)10-20)37-16-26(41-3)22(12-27(37)39)21-11-19(30)7-9-24(21)38-15-23(28(31)32)34-35-38/h6-16,25,28H,4-5H2,1-3H3,(H,33,40)/t25-/m0/s1. The quantitative estimate of drug-likeness (QED) is 0.225. The molecule has 41 heavy (non-hydrogen) atoms. The van der Waals surface area contributed by atoms with Gasteiger partial charge >= 0.3 is 0 Å². The number of benzene rings is 2. The molecule has 1 N–H and O–H groups in total. The third-order valence-electron chi connectivity index (χ3n) is 6.73. The van der Waals surface area contributed by atoms with Crippen molar-refractivity contribution < 1.29 is 18.3 Å². The van der Waals surface area contributed by atoms with Crippen molar-refractivity contribution >= 4 is 34.0 Å². The molecular formula is C29H27ClF2N6O3. The summed E-state index contributed by atoms with van der Waals surface area (Å²) >= 11 is 6.28. The summed E-state index contributed by atoms with van der Waals surface area (Å²) in [5.41, 5.74) is 0.802. The molecule has 0 unspecified atom stereocenters. The number of rotatable bonds is 9. The largest absolute Gasteiger partial charge is 0.495 e. The smallest absolute Gasteiger partial charge is 0.283 e. The number of methoxy groups -OCH3 is 1. The fraction of sp³-hybridized carbons (Fsp3) is 0.241. The Bertz CT molecular complexity index is 1800. The lowest BCUT2D eigenvalue weighted by atomic mass is 10.0. The van der Waals surface area contributed by atoms with Crippen LogP contribution in [0.2, 0.25) is 5.02 Å². The highest BCUT2D eigenvalue weighted by Crippen LogP contribution is 2.36. The molecule has 5 rings (SSSR count). The number of carbonyl (C=O) groups is 1. The van der Waals surface area contributed by atoms with Gasteiger partial charge in [-0.2, -0.15) is 0 Å². The third-order valence-corrected chi connectivity index (χ3v) is 6.97. The van der Waals surface area contributed by atoms with Crippen LogP contribution in [0.25, 0.3) is 27.6 Å². The van der Waals surface area contributed by atoms with Crippen LogP contribution in [0.5, 0.6) is 5.75 Å². The zero-order valence-corrected chi connectivity index (χ0v) is 23.3. The lowest BCUT2D eigenvalue weighted by Crippen LogP contribution is -2.33. The van der Waals surface area contributed by atoms with Gasteiger partial charge in [0.2, 0.25) is 5.91 Å². The zero-order valence-electron chi connectivity index (χ0n) is 22.5. The van der Waals surface area contributed by atoms with E-state index in [1.54, 1.807) is 18.2 Å². The molecule has 0 fully saturated rings. The van der Waals surface area contributed by atoms with Crippen LogP contribution in [-0.2, 0) is 11.8 Å². The first-order chi connectivity index (χ1) is 19.7. The van der Waals surface area contributed by atoms with Gasteiger partial charge in [0.05, 0.1) is 25.2 Å². The van der Waals surface area contributed by atoms with Crippen molar-refractivity contribution in [3.63, 3.8) is 0 Å². The van der Waals surface area contributed by atoms with E-state index in [9.17, 15) is 18.4 Å². The van der Waals surface area contributed by atoms with Gasteiger partial charge in [-0.3, -0.25) is 14.2 Å². The van der Waals surface area contributed by atoms with Gasteiger partial charge in [-0.15, -0.1) is 5.10 Å². The molecule has 0 saturated carbocycles. The lowest BCUT2D eigenvalue weighted by Gasteiger charge is -2.21. The van der Waals surface area contributed by atoms with Crippen LogP contribution in [-0.4, -0.2) is 37.1 Å². The highest BCUT2D eigenvalue weighted by molar-refractivity contribution is 6.31. The van der Waals surface area contributed by atoms with Gasteiger partial charge in [-0.25, -0.2) is 13.5 Å². The fourth-order valence-corrected chi connectivity index (χ4v) is 4.99. The third kappa shape index (κ3) is 5.71. The molecule has 5 aromatic rings. The minimum absolute atomic E-state index is 0.280. The molecule has 2 aromatic carbocycles. The summed E-state index contributed by atoms with van der Waals surface area (Å²) in [6, 6.07) is 10.9. The summed E-state index contributed by atoms with van der Waals surface area (Å²) in [5.74, 6) is -0.0634. The number of nitrogens with zero attached hydrogens (tertiary/aromatic N) is 5. The van der Waals surface area contributed by atoms with E-state index >= 15 is 0 Å². The summed E-state index contributed by atoms with van der Waals surface area (Å²) < 4.78 is 36.5. The van der Waals surface area contributed by atoms with Crippen molar-refractivity contribution in [2.24, 2.45) is 7.05 Å². The number of nitrogens with one attached hydrogen (secondary N) is 1. The summed E-state index contributed by atoms with van der Waals surface area (Å²) in [6.45, 7) is 1.93.